The van der Waals surface area contributed by atoms with Gasteiger partial charge < -0.3 is 24.1 Å². The Balaban J connectivity index is 1.51. The molecule has 0 aliphatic carbocycles. The Hall–Kier alpha value is -3.72. The van der Waals surface area contributed by atoms with E-state index in [9.17, 15) is 14.7 Å². The van der Waals surface area contributed by atoms with E-state index in [4.69, 9.17) is 18.9 Å². The molecule has 1 amide bonds. The lowest BCUT2D eigenvalue weighted by Crippen LogP contribution is -2.50. The Labute approximate surface area is 229 Å². The molecule has 8 heteroatoms. The van der Waals surface area contributed by atoms with E-state index in [1.807, 2.05) is 91.0 Å². The van der Waals surface area contributed by atoms with Crippen molar-refractivity contribution in [3.8, 4) is 0 Å². The number of carboxylic acid groups (broad SMARTS) is 1. The van der Waals surface area contributed by atoms with Gasteiger partial charge in [-0.25, -0.2) is 9.59 Å². The summed E-state index contributed by atoms with van der Waals surface area (Å²) in [5.74, 6) is -1.14. The molecular weight excluding hydrogens is 498 g/mol. The highest BCUT2D eigenvalue weighted by atomic mass is 16.6. The van der Waals surface area contributed by atoms with Crippen LogP contribution in [0.15, 0.2) is 91.0 Å². The normalized spacial score (nSPS) is 17.9. The molecule has 206 valence electrons. The fourth-order valence-corrected chi connectivity index (χ4v) is 4.64. The minimum absolute atomic E-state index is 0.110. The maximum atomic E-state index is 13.3. The Bertz CT molecular complexity index is 1190. The number of rotatable bonds is 12. The second-order valence-electron chi connectivity index (χ2n) is 9.95. The third kappa shape index (κ3) is 7.89. The van der Waals surface area contributed by atoms with Crippen LogP contribution in [0.1, 0.15) is 37.0 Å². The van der Waals surface area contributed by atoms with Crippen LogP contribution in [-0.4, -0.2) is 52.7 Å². The number of aliphatic carboxylic acids is 1. The van der Waals surface area contributed by atoms with Gasteiger partial charge in [0, 0.05) is 0 Å². The zero-order valence-corrected chi connectivity index (χ0v) is 22.3. The predicted molar refractivity (Wildman–Crippen MR) is 145 cm³/mol. The highest BCUT2D eigenvalue weighted by molar-refractivity contribution is 5.73. The summed E-state index contributed by atoms with van der Waals surface area (Å²) in [6.07, 6.45) is -2.48. The molecule has 8 nitrogen and oxygen atoms in total. The van der Waals surface area contributed by atoms with Crippen LogP contribution in [0.25, 0.3) is 0 Å². The average molecular weight is 534 g/mol. The highest BCUT2D eigenvalue weighted by Gasteiger charge is 2.47. The molecular formula is C31H35NO7. The van der Waals surface area contributed by atoms with Crippen molar-refractivity contribution >= 4 is 12.1 Å². The summed E-state index contributed by atoms with van der Waals surface area (Å²) in [6.45, 7) is 4.21. The molecule has 3 aromatic carbocycles. The van der Waals surface area contributed by atoms with Crippen LogP contribution >= 0.6 is 0 Å². The van der Waals surface area contributed by atoms with E-state index in [0.29, 0.717) is 0 Å². The van der Waals surface area contributed by atoms with Gasteiger partial charge in [-0.15, -0.1) is 0 Å². The van der Waals surface area contributed by atoms with Crippen molar-refractivity contribution in [2.24, 2.45) is 0 Å². The molecule has 3 atom stereocenters. The van der Waals surface area contributed by atoms with Crippen LogP contribution in [0, 0.1) is 0 Å². The topological polar surface area (TPSA) is 94.5 Å². The molecule has 1 fully saturated rings. The van der Waals surface area contributed by atoms with E-state index in [2.05, 4.69) is 0 Å². The van der Waals surface area contributed by atoms with Gasteiger partial charge in [0.2, 0.25) is 0 Å². The third-order valence-corrected chi connectivity index (χ3v) is 6.64. The first-order chi connectivity index (χ1) is 18.8. The Morgan fingerprint density at radius 3 is 1.85 bits per heavy atom. The molecule has 39 heavy (non-hydrogen) atoms. The minimum atomic E-state index is -1.26. The molecule has 3 aromatic rings. The second kappa shape index (κ2) is 13.4. The summed E-state index contributed by atoms with van der Waals surface area (Å²) in [5.41, 5.74) is 1.68. The summed E-state index contributed by atoms with van der Waals surface area (Å²) in [6, 6.07) is 27.8. The largest absolute Gasteiger partial charge is 0.479 e. The van der Waals surface area contributed by atoms with Gasteiger partial charge >= 0.3 is 12.1 Å². The number of benzene rings is 3. The minimum Gasteiger partial charge on any atom is -0.479 e. The standard InChI is InChI=1S/C31H35NO7/c1-31(2)32(30(35)38-21-25-16-10-5-11-17-25)26(22-39-31)18-27(36-19-23-12-6-3-7-13-23)28(29(33)34)37-20-24-14-8-4-9-15-24/h3-17,26-28H,18-22H2,1-2H3,(H,33,34). The smallest absolute Gasteiger partial charge is 0.412 e. The van der Waals surface area contributed by atoms with Gasteiger partial charge in [-0.1, -0.05) is 91.0 Å². The Kier molecular flexibility index (Phi) is 9.70. The fraction of sp³-hybridized carbons (Fsp3) is 0.355. The maximum absolute atomic E-state index is 13.3. The lowest BCUT2D eigenvalue weighted by molar-refractivity contribution is -0.166. The lowest BCUT2D eigenvalue weighted by Gasteiger charge is -2.35. The fourth-order valence-electron chi connectivity index (χ4n) is 4.64. The van der Waals surface area contributed by atoms with Crippen molar-refractivity contribution in [1.29, 1.82) is 0 Å². The van der Waals surface area contributed by atoms with E-state index in [1.54, 1.807) is 13.8 Å². The maximum Gasteiger partial charge on any atom is 0.412 e. The van der Waals surface area contributed by atoms with Gasteiger partial charge in [0.25, 0.3) is 0 Å². The molecule has 0 spiro atoms. The monoisotopic (exact) mass is 533 g/mol. The van der Waals surface area contributed by atoms with Crippen molar-refractivity contribution in [1.82, 2.24) is 4.90 Å². The number of hydrogen-bond donors (Lipinski definition) is 1. The van der Waals surface area contributed by atoms with Crippen molar-refractivity contribution in [3.63, 3.8) is 0 Å². The van der Waals surface area contributed by atoms with Gasteiger partial charge in [-0.2, -0.15) is 0 Å². The molecule has 1 saturated heterocycles. The van der Waals surface area contributed by atoms with Crippen molar-refractivity contribution in [2.75, 3.05) is 6.61 Å². The van der Waals surface area contributed by atoms with Crippen molar-refractivity contribution in [2.45, 2.75) is 64.1 Å². The van der Waals surface area contributed by atoms with Gasteiger partial charge in [0.15, 0.2) is 6.10 Å². The molecule has 1 N–H and O–H groups in total. The number of carboxylic acids is 1. The number of ether oxygens (including phenoxy) is 4. The zero-order valence-electron chi connectivity index (χ0n) is 22.3. The number of hydrogen-bond acceptors (Lipinski definition) is 6. The first kappa shape index (κ1) is 28.3. The molecule has 0 aromatic heterocycles. The van der Waals surface area contributed by atoms with Gasteiger partial charge in [-0.3, -0.25) is 4.90 Å². The molecule has 4 rings (SSSR count). The van der Waals surface area contributed by atoms with Crippen molar-refractivity contribution < 1.29 is 33.6 Å². The number of amides is 1. The van der Waals surface area contributed by atoms with Gasteiger partial charge in [0.05, 0.1) is 32.0 Å². The summed E-state index contributed by atoms with van der Waals surface area (Å²) < 4.78 is 23.7. The SMILES string of the molecule is CC1(C)OCC(CC(OCc2ccccc2)C(OCc2ccccc2)C(=O)O)N1C(=O)OCc1ccccc1. The first-order valence-corrected chi connectivity index (χ1v) is 13.0. The number of carbonyl (C=O) groups excluding carboxylic acids is 1. The van der Waals surface area contributed by atoms with Crippen LogP contribution < -0.4 is 0 Å². The van der Waals surface area contributed by atoms with Gasteiger partial charge in [0.1, 0.15) is 12.3 Å². The molecule has 1 aliphatic heterocycles. The predicted octanol–water partition coefficient (Wildman–Crippen LogP) is 5.41. The molecule has 0 saturated carbocycles. The van der Waals surface area contributed by atoms with Crippen LogP contribution in [0.5, 0.6) is 0 Å². The summed E-state index contributed by atoms with van der Waals surface area (Å²) in [5, 5.41) is 10.1. The van der Waals surface area contributed by atoms with E-state index < -0.39 is 36.0 Å². The molecule has 0 bridgehead atoms. The average Bonchev–Trinajstić information content (AvgIpc) is 3.25. The number of carbonyl (C=O) groups is 2. The molecule has 1 aliphatic rings. The van der Waals surface area contributed by atoms with Crippen LogP contribution in [0.3, 0.4) is 0 Å². The molecule has 3 unspecified atom stereocenters. The zero-order chi connectivity index (χ0) is 27.7. The summed E-state index contributed by atoms with van der Waals surface area (Å²) in [4.78, 5) is 27.2. The Morgan fingerprint density at radius 2 is 1.33 bits per heavy atom. The molecule has 1 heterocycles. The summed E-state index contributed by atoms with van der Waals surface area (Å²) in [7, 11) is 0. The van der Waals surface area contributed by atoms with E-state index in [0.717, 1.165) is 16.7 Å². The van der Waals surface area contributed by atoms with Crippen LogP contribution in [-0.2, 0) is 43.6 Å². The highest BCUT2D eigenvalue weighted by Crippen LogP contribution is 2.32. The summed E-state index contributed by atoms with van der Waals surface area (Å²) >= 11 is 0. The lowest BCUT2D eigenvalue weighted by atomic mass is 10.0. The van der Waals surface area contributed by atoms with Crippen LogP contribution in [0.4, 0.5) is 4.79 Å². The van der Waals surface area contributed by atoms with Gasteiger partial charge in [-0.05, 0) is 37.0 Å². The van der Waals surface area contributed by atoms with Crippen LogP contribution in [0.2, 0.25) is 0 Å². The molecule has 0 radical (unpaired) electrons. The quantitative estimate of drug-likeness (QED) is 0.333. The second-order valence-corrected chi connectivity index (χ2v) is 9.95. The van der Waals surface area contributed by atoms with Crippen molar-refractivity contribution in [3.05, 3.63) is 108 Å². The third-order valence-electron chi connectivity index (χ3n) is 6.64. The van der Waals surface area contributed by atoms with E-state index >= 15 is 0 Å². The van der Waals surface area contributed by atoms with E-state index in [1.165, 1.54) is 4.90 Å². The Morgan fingerprint density at radius 1 is 0.846 bits per heavy atom. The first-order valence-electron chi connectivity index (χ1n) is 13.0. The number of nitrogens with zero attached hydrogens (tertiary/aromatic N) is 1. The van der Waals surface area contributed by atoms with E-state index in [-0.39, 0.29) is 32.8 Å².